The second-order valence-electron chi connectivity index (χ2n) is 9.22. The van der Waals surface area contributed by atoms with Crippen LogP contribution in [-0.2, 0) is 4.79 Å². The quantitative estimate of drug-likeness (QED) is 0.334. The molecule has 0 saturated carbocycles. The molecule has 3 heterocycles. The summed E-state index contributed by atoms with van der Waals surface area (Å²) in [6, 6.07) is 18.2. The van der Waals surface area contributed by atoms with Crippen molar-refractivity contribution in [3.8, 4) is 11.4 Å². The van der Waals surface area contributed by atoms with Gasteiger partial charge in [0.2, 0.25) is 0 Å². The number of hydrogen-bond donors (Lipinski definition) is 3. The molecule has 9 nitrogen and oxygen atoms in total. The van der Waals surface area contributed by atoms with Crippen LogP contribution in [0.5, 0.6) is 0 Å². The number of nitrogens with one attached hydrogen (secondary N) is 2. The zero-order valence-corrected chi connectivity index (χ0v) is 21.2. The van der Waals surface area contributed by atoms with Crippen LogP contribution in [0.2, 0.25) is 0 Å². The Morgan fingerprint density at radius 1 is 1.10 bits per heavy atom. The molecule has 0 aliphatic carbocycles. The number of anilines is 2. The first-order chi connectivity index (χ1) is 18.5. The first kappa shape index (κ1) is 27.6. The van der Waals surface area contributed by atoms with E-state index in [1.54, 1.807) is 12.4 Å². The molecule has 1 saturated heterocycles. The largest absolute Gasteiger partial charge is 0.490 e. The Morgan fingerprint density at radius 2 is 1.79 bits per heavy atom. The summed E-state index contributed by atoms with van der Waals surface area (Å²) in [7, 11) is 4.13. The second-order valence-corrected chi connectivity index (χ2v) is 9.22. The lowest BCUT2D eigenvalue weighted by molar-refractivity contribution is -0.192. The van der Waals surface area contributed by atoms with Crippen LogP contribution in [0.1, 0.15) is 16.8 Å². The highest BCUT2D eigenvalue weighted by Crippen LogP contribution is 2.24. The Balaban J connectivity index is 0.000000448. The molecule has 3 N–H and O–H groups in total. The van der Waals surface area contributed by atoms with Gasteiger partial charge in [-0.2, -0.15) is 13.2 Å². The van der Waals surface area contributed by atoms with Crippen molar-refractivity contribution in [2.45, 2.75) is 18.6 Å². The number of hydrogen-bond acceptors (Lipinski definition) is 6. The number of nitrogens with zero attached hydrogens (tertiary/aromatic N) is 4. The number of carboxylic acids is 1. The minimum Gasteiger partial charge on any atom is -0.475 e. The molecule has 1 atom stereocenters. The average Bonchev–Trinajstić information content (AvgIpc) is 3.57. The molecule has 1 aliphatic heterocycles. The molecule has 5 rings (SSSR count). The number of alkyl halides is 3. The number of aromatic nitrogens is 3. The fourth-order valence-electron chi connectivity index (χ4n) is 4.14. The molecule has 0 spiro atoms. The third-order valence-corrected chi connectivity index (χ3v) is 6.27. The van der Waals surface area contributed by atoms with E-state index in [2.05, 4.69) is 46.4 Å². The van der Waals surface area contributed by atoms with E-state index in [0.717, 1.165) is 47.5 Å². The van der Waals surface area contributed by atoms with Gasteiger partial charge in [-0.05, 0) is 56.9 Å². The Bertz CT molecular complexity index is 1420. The normalized spacial score (nSPS) is 15.2. The van der Waals surface area contributed by atoms with Gasteiger partial charge < -0.3 is 25.2 Å². The molecule has 39 heavy (non-hydrogen) atoms. The van der Waals surface area contributed by atoms with Crippen molar-refractivity contribution in [1.29, 1.82) is 0 Å². The van der Waals surface area contributed by atoms with Gasteiger partial charge in [0.25, 0.3) is 5.91 Å². The lowest BCUT2D eigenvalue weighted by Gasteiger charge is -2.20. The number of carboxylic acid groups (broad SMARTS) is 1. The van der Waals surface area contributed by atoms with Crippen LogP contribution in [0.3, 0.4) is 0 Å². The second kappa shape index (κ2) is 11.5. The molecule has 1 fully saturated rings. The molecule has 0 bridgehead atoms. The number of carbonyl (C=O) groups is 2. The Labute approximate surface area is 222 Å². The van der Waals surface area contributed by atoms with Crippen LogP contribution in [0.4, 0.5) is 24.7 Å². The van der Waals surface area contributed by atoms with Gasteiger partial charge in [0.15, 0.2) is 0 Å². The van der Waals surface area contributed by atoms with Gasteiger partial charge in [0.1, 0.15) is 11.5 Å². The van der Waals surface area contributed by atoms with E-state index in [1.165, 1.54) is 0 Å². The number of carbonyl (C=O) groups excluding carboxylic acids is 1. The number of likely N-dealkylation sites (N-methyl/N-ethyl adjacent to an activating group) is 1. The van der Waals surface area contributed by atoms with Crippen molar-refractivity contribution in [3.05, 3.63) is 72.6 Å². The third kappa shape index (κ3) is 6.90. The van der Waals surface area contributed by atoms with Gasteiger partial charge in [-0.25, -0.2) is 9.78 Å². The van der Waals surface area contributed by atoms with Gasteiger partial charge in [-0.3, -0.25) is 9.78 Å². The van der Waals surface area contributed by atoms with Gasteiger partial charge in [0, 0.05) is 41.3 Å². The number of aliphatic carboxylic acids is 1. The maximum absolute atomic E-state index is 12.8. The van der Waals surface area contributed by atoms with E-state index in [-0.39, 0.29) is 5.91 Å². The van der Waals surface area contributed by atoms with E-state index in [0.29, 0.717) is 17.4 Å². The molecular formula is C27H27F3N6O3. The number of rotatable bonds is 5. The van der Waals surface area contributed by atoms with E-state index >= 15 is 0 Å². The fraction of sp³-hybridized carbons (Fsp3) is 0.259. The first-order valence-corrected chi connectivity index (χ1v) is 12.0. The fourth-order valence-corrected chi connectivity index (χ4v) is 4.14. The standard InChI is InChI=1S/C25H26N6O.C2HF3O2/c1-30(2)20-11-12-31(16-20)25(32)17-7-9-19(10-8-17)27-24-15-26-14-23(29-24)22-13-18-5-3-4-6-21(18)28-22;3-2(4,5)1(6)7/h3-10,13-15,20,28H,11-12,16H2,1-2H3,(H,27,29);(H,6,7)/t20-;/m0./s1. The highest BCUT2D eigenvalue weighted by Gasteiger charge is 2.38. The minimum atomic E-state index is -5.08. The zero-order chi connectivity index (χ0) is 28.2. The highest BCUT2D eigenvalue weighted by atomic mass is 19.4. The molecule has 4 aromatic rings. The Hall–Kier alpha value is -4.45. The number of amides is 1. The Morgan fingerprint density at radius 3 is 2.41 bits per heavy atom. The van der Waals surface area contributed by atoms with Crippen molar-refractivity contribution in [1.82, 2.24) is 24.8 Å². The molecular weight excluding hydrogens is 513 g/mol. The predicted octanol–water partition coefficient (Wildman–Crippen LogP) is 4.78. The van der Waals surface area contributed by atoms with Crippen molar-refractivity contribution >= 4 is 34.3 Å². The summed E-state index contributed by atoms with van der Waals surface area (Å²) in [5, 5.41) is 11.5. The summed E-state index contributed by atoms with van der Waals surface area (Å²) >= 11 is 0. The van der Waals surface area contributed by atoms with Crippen LogP contribution in [0.15, 0.2) is 67.0 Å². The number of H-pyrrole nitrogens is 1. The number of fused-ring (bicyclic) bond motifs is 1. The summed E-state index contributed by atoms with van der Waals surface area (Å²) in [5.74, 6) is -2.03. The maximum atomic E-state index is 12.8. The maximum Gasteiger partial charge on any atom is 0.490 e. The SMILES string of the molecule is CN(C)[C@H]1CCN(C(=O)c2ccc(Nc3cncc(-c4cc5ccccc5[nH]4)n3)cc2)C1.O=C(O)C(F)(F)F. The predicted molar refractivity (Wildman–Crippen MR) is 141 cm³/mol. The third-order valence-electron chi connectivity index (χ3n) is 6.27. The molecule has 204 valence electrons. The van der Waals surface area contributed by atoms with Gasteiger partial charge >= 0.3 is 12.1 Å². The van der Waals surface area contributed by atoms with Gasteiger partial charge in [0.05, 0.1) is 18.1 Å². The van der Waals surface area contributed by atoms with Crippen LogP contribution < -0.4 is 5.32 Å². The van der Waals surface area contributed by atoms with E-state index in [4.69, 9.17) is 14.9 Å². The van der Waals surface area contributed by atoms with Crippen molar-refractivity contribution < 1.29 is 27.9 Å². The summed E-state index contributed by atoms with van der Waals surface area (Å²) in [6.45, 7) is 1.58. The lowest BCUT2D eigenvalue weighted by Crippen LogP contribution is -2.34. The lowest BCUT2D eigenvalue weighted by atomic mass is 10.2. The number of likely N-dealkylation sites (tertiary alicyclic amines) is 1. The highest BCUT2D eigenvalue weighted by molar-refractivity contribution is 5.95. The van der Waals surface area contributed by atoms with E-state index in [9.17, 15) is 18.0 Å². The number of halogens is 3. The van der Waals surface area contributed by atoms with Crippen LogP contribution in [0.25, 0.3) is 22.3 Å². The van der Waals surface area contributed by atoms with Crippen molar-refractivity contribution in [2.24, 2.45) is 0 Å². The van der Waals surface area contributed by atoms with Gasteiger partial charge in [-0.15, -0.1) is 0 Å². The minimum absolute atomic E-state index is 0.0847. The zero-order valence-electron chi connectivity index (χ0n) is 21.2. The molecule has 1 aliphatic rings. The topological polar surface area (TPSA) is 114 Å². The summed E-state index contributed by atoms with van der Waals surface area (Å²) in [5.41, 5.74) is 4.32. The number of para-hydroxylation sites is 1. The smallest absolute Gasteiger partial charge is 0.475 e. The monoisotopic (exact) mass is 540 g/mol. The summed E-state index contributed by atoms with van der Waals surface area (Å²) in [6.07, 6.45) is -0.630. The van der Waals surface area contributed by atoms with Crippen LogP contribution in [0, 0.1) is 0 Å². The molecule has 2 aromatic heterocycles. The van der Waals surface area contributed by atoms with Crippen molar-refractivity contribution in [3.63, 3.8) is 0 Å². The van der Waals surface area contributed by atoms with Crippen LogP contribution >= 0.6 is 0 Å². The summed E-state index contributed by atoms with van der Waals surface area (Å²) < 4.78 is 31.7. The number of aromatic amines is 1. The van der Waals surface area contributed by atoms with Crippen LogP contribution in [-0.4, -0.2) is 81.1 Å². The Kier molecular flexibility index (Phi) is 8.15. The first-order valence-electron chi connectivity index (χ1n) is 12.0. The molecule has 0 unspecified atom stereocenters. The molecule has 12 heteroatoms. The van der Waals surface area contributed by atoms with Gasteiger partial charge in [-0.1, -0.05) is 18.2 Å². The molecule has 2 aromatic carbocycles. The van der Waals surface area contributed by atoms with Crippen molar-refractivity contribution in [2.75, 3.05) is 32.5 Å². The number of benzene rings is 2. The summed E-state index contributed by atoms with van der Waals surface area (Å²) in [4.78, 5) is 38.3. The molecule has 0 radical (unpaired) electrons. The van der Waals surface area contributed by atoms with E-state index < -0.39 is 12.1 Å². The van der Waals surface area contributed by atoms with E-state index in [1.807, 2.05) is 47.4 Å². The molecule has 1 amide bonds. The average molecular weight is 541 g/mol.